The third-order valence-corrected chi connectivity index (χ3v) is 3.66. The maximum absolute atomic E-state index is 12.9. The molecule has 0 aliphatic rings. The van der Waals surface area contributed by atoms with Gasteiger partial charge in [-0.3, -0.25) is 14.9 Å². The van der Waals surface area contributed by atoms with Gasteiger partial charge in [0.2, 0.25) is 5.91 Å². The van der Waals surface area contributed by atoms with Gasteiger partial charge >= 0.3 is 6.18 Å². The third kappa shape index (κ3) is 3.87. The minimum absolute atomic E-state index is 0.163. The van der Waals surface area contributed by atoms with Crippen LogP contribution >= 0.6 is 0 Å². The lowest BCUT2D eigenvalue weighted by molar-refractivity contribution is -0.385. The molecule has 0 aromatic heterocycles. The Hall–Kier alpha value is -3.10. The Labute approximate surface area is 140 Å². The summed E-state index contributed by atoms with van der Waals surface area (Å²) in [6, 6.07) is 4.74. The lowest BCUT2D eigenvalue weighted by atomic mass is 10.0. The van der Waals surface area contributed by atoms with E-state index in [1.165, 1.54) is 12.1 Å². The van der Waals surface area contributed by atoms with Crippen LogP contribution in [-0.4, -0.2) is 10.8 Å². The van der Waals surface area contributed by atoms with Crippen molar-refractivity contribution in [2.75, 3.05) is 0 Å². The van der Waals surface area contributed by atoms with Gasteiger partial charge in [0.25, 0.3) is 5.69 Å². The molecule has 0 radical (unpaired) electrons. The van der Waals surface area contributed by atoms with Gasteiger partial charge in [-0.1, -0.05) is 0 Å². The van der Waals surface area contributed by atoms with Gasteiger partial charge in [0.05, 0.1) is 16.6 Å². The Bertz CT molecular complexity index is 863. The molecule has 0 aliphatic carbocycles. The van der Waals surface area contributed by atoms with E-state index in [2.05, 4.69) is 0 Å². The monoisotopic (exact) mass is 354 g/mol. The number of alkyl halides is 3. The van der Waals surface area contributed by atoms with E-state index in [0.717, 1.165) is 6.07 Å². The number of non-ortho nitro benzene ring substituents is 1. The Morgan fingerprint density at radius 1 is 1.16 bits per heavy atom. The maximum Gasteiger partial charge on any atom is 0.416 e. The molecular weight excluding hydrogens is 341 g/mol. The molecule has 0 fully saturated rings. The molecule has 2 rings (SSSR count). The van der Waals surface area contributed by atoms with Crippen molar-refractivity contribution in [3.05, 3.63) is 62.7 Å². The largest absolute Gasteiger partial charge is 0.457 e. The molecule has 132 valence electrons. The maximum atomic E-state index is 12.9. The fourth-order valence-corrected chi connectivity index (χ4v) is 2.21. The highest BCUT2D eigenvalue weighted by atomic mass is 19.4. The van der Waals surface area contributed by atoms with Crippen LogP contribution in [-0.2, 0) is 6.18 Å². The number of amides is 1. The highest BCUT2D eigenvalue weighted by molar-refractivity contribution is 5.94. The molecular formula is C16H13F3N2O4. The molecule has 0 unspecified atom stereocenters. The van der Waals surface area contributed by atoms with Gasteiger partial charge in [0, 0.05) is 11.6 Å². The summed E-state index contributed by atoms with van der Waals surface area (Å²) in [5, 5.41) is 10.9. The van der Waals surface area contributed by atoms with E-state index in [9.17, 15) is 28.1 Å². The number of nitro groups is 1. The van der Waals surface area contributed by atoms with Crippen LogP contribution in [0.3, 0.4) is 0 Å². The molecule has 25 heavy (non-hydrogen) atoms. The second-order valence-corrected chi connectivity index (χ2v) is 5.30. The molecule has 0 saturated heterocycles. The molecule has 2 aromatic carbocycles. The third-order valence-electron chi connectivity index (χ3n) is 3.66. The number of halogens is 3. The number of nitro benzene ring substituents is 1. The van der Waals surface area contributed by atoms with Crippen molar-refractivity contribution < 1.29 is 27.6 Å². The average Bonchev–Trinajstić information content (AvgIpc) is 2.50. The Balaban J connectivity index is 2.50. The van der Waals surface area contributed by atoms with Crippen LogP contribution in [0.15, 0.2) is 30.3 Å². The quantitative estimate of drug-likeness (QED) is 0.660. The van der Waals surface area contributed by atoms with Crippen molar-refractivity contribution in [2.45, 2.75) is 20.0 Å². The van der Waals surface area contributed by atoms with E-state index in [-0.39, 0.29) is 17.1 Å². The summed E-state index contributed by atoms with van der Waals surface area (Å²) < 4.78 is 44.1. The highest BCUT2D eigenvalue weighted by Gasteiger charge is 2.33. The van der Waals surface area contributed by atoms with E-state index < -0.39 is 28.3 Å². The second kappa shape index (κ2) is 6.42. The zero-order chi connectivity index (χ0) is 18.9. The number of nitrogens with two attached hydrogens (primary N) is 1. The van der Waals surface area contributed by atoms with Gasteiger partial charge in [-0.2, -0.15) is 13.2 Å². The summed E-state index contributed by atoms with van der Waals surface area (Å²) in [5.41, 5.74) is 4.53. The zero-order valence-electron chi connectivity index (χ0n) is 13.2. The standard InChI is InChI=1S/C16H13F3N2O4/c1-8-9(2)14(4-3-13(8)15(20)22)25-12-6-10(16(17,18)19)5-11(7-12)21(23)24/h3-7H,1-2H3,(H2,20,22). The minimum Gasteiger partial charge on any atom is -0.457 e. The van der Waals surface area contributed by atoms with Gasteiger partial charge < -0.3 is 10.5 Å². The molecule has 2 N–H and O–H groups in total. The fraction of sp³-hybridized carbons (Fsp3) is 0.188. The average molecular weight is 354 g/mol. The number of rotatable bonds is 4. The molecule has 0 atom stereocenters. The lowest BCUT2D eigenvalue weighted by Crippen LogP contribution is -2.13. The van der Waals surface area contributed by atoms with E-state index in [0.29, 0.717) is 23.3 Å². The van der Waals surface area contributed by atoms with Crippen LogP contribution in [0.4, 0.5) is 18.9 Å². The van der Waals surface area contributed by atoms with Crippen LogP contribution in [0.25, 0.3) is 0 Å². The number of carbonyl (C=O) groups is 1. The number of carbonyl (C=O) groups excluding carboxylic acids is 1. The Morgan fingerprint density at radius 3 is 2.32 bits per heavy atom. The normalized spacial score (nSPS) is 11.2. The van der Waals surface area contributed by atoms with Crippen molar-refractivity contribution in [3.8, 4) is 11.5 Å². The molecule has 0 spiro atoms. The van der Waals surface area contributed by atoms with Gasteiger partial charge in [-0.05, 0) is 43.2 Å². The molecule has 1 amide bonds. The van der Waals surface area contributed by atoms with Gasteiger partial charge in [-0.15, -0.1) is 0 Å². The summed E-state index contributed by atoms with van der Waals surface area (Å²) in [6.07, 6.45) is -4.76. The van der Waals surface area contributed by atoms with Crippen LogP contribution in [0.2, 0.25) is 0 Å². The number of nitrogens with zero attached hydrogens (tertiary/aromatic N) is 1. The first-order valence-corrected chi connectivity index (χ1v) is 6.95. The first-order valence-electron chi connectivity index (χ1n) is 6.95. The van der Waals surface area contributed by atoms with Crippen LogP contribution < -0.4 is 10.5 Å². The van der Waals surface area contributed by atoms with E-state index in [1.54, 1.807) is 13.8 Å². The molecule has 6 nitrogen and oxygen atoms in total. The topological polar surface area (TPSA) is 95.5 Å². The van der Waals surface area contributed by atoms with Crippen molar-refractivity contribution in [3.63, 3.8) is 0 Å². The highest BCUT2D eigenvalue weighted by Crippen LogP contribution is 2.37. The number of benzene rings is 2. The summed E-state index contributed by atoms with van der Waals surface area (Å²) in [7, 11) is 0. The Morgan fingerprint density at radius 2 is 1.80 bits per heavy atom. The van der Waals surface area contributed by atoms with Crippen molar-refractivity contribution in [2.24, 2.45) is 5.73 Å². The minimum atomic E-state index is -4.76. The molecule has 0 aliphatic heterocycles. The van der Waals surface area contributed by atoms with E-state index in [1.807, 2.05) is 0 Å². The summed E-state index contributed by atoms with van der Waals surface area (Å²) in [4.78, 5) is 21.2. The SMILES string of the molecule is Cc1c(Oc2cc([N+](=O)[O-])cc(C(F)(F)F)c2)ccc(C(N)=O)c1C. The first-order chi connectivity index (χ1) is 11.5. The second-order valence-electron chi connectivity index (χ2n) is 5.30. The predicted molar refractivity (Wildman–Crippen MR) is 82.6 cm³/mol. The molecule has 0 saturated carbocycles. The van der Waals surface area contributed by atoms with Crippen molar-refractivity contribution in [1.82, 2.24) is 0 Å². The fourth-order valence-electron chi connectivity index (χ4n) is 2.21. The molecule has 9 heteroatoms. The summed E-state index contributed by atoms with van der Waals surface area (Å²) >= 11 is 0. The van der Waals surface area contributed by atoms with Crippen molar-refractivity contribution in [1.29, 1.82) is 0 Å². The zero-order valence-corrected chi connectivity index (χ0v) is 13.2. The molecule has 2 aromatic rings. The lowest BCUT2D eigenvalue weighted by Gasteiger charge is -2.14. The van der Waals surface area contributed by atoms with Gasteiger partial charge in [0.15, 0.2) is 0 Å². The summed E-state index contributed by atoms with van der Waals surface area (Å²) in [6.45, 7) is 3.20. The number of ether oxygens (including phenoxy) is 1. The number of primary amides is 1. The van der Waals surface area contributed by atoms with Crippen LogP contribution in [0, 0.1) is 24.0 Å². The van der Waals surface area contributed by atoms with Crippen molar-refractivity contribution >= 4 is 11.6 Å². The first kappa shape index (κ1) is 18.2. The summed E-state index contributed by atoms with van der Waals surface area (Å²) in [5.74, 6) is -0.825. The molecule has 0 heterocycles. The van der Waals surface area contributed by atoms with E-state index in [4.69, 9.17) is 10.5 Å². The van der Waals surface area contributed by atoms with Gasteiger partial charge in [-0.25, -0.2) is 0 Å². The Kier molecular flexibility index (Phi) is 4.69. The predicted octanol–water partition coefficient (Wildman–Crippen LogP) is 4.12. The van der Waals surface area contributed by atoms with Gasteiger partial charge in [0.1, 0.15) is 11.5 Å². The smallest absolute Gasteiger partial charge is 0.416 e. The molecule has 0 bridgehead atoms. The number of hydrogen-bond donors (Lipinski definition) is 1. The van der Waals surface area contributed by atoms with Crippen LogP contribution in [0.5, 0.6) is 11.5 Å². The number of hydrogen-bond acceptors (Lipinski definition) is 4. The van der Waals surface area contributed by atoms with E-state index >= 15 is 0 Å². The van der Waals surface area contributed by atoms with Crippen LogP contribution in [0.1, 0.15) is 27.0 Å².